The summed E-state index contributed by atoms with van der Waals surface area (Å²) in [5.74, 6) is -7.57. The molecule has 38 heavy (non-hydrogen) atoms. The van der Waals surface area contributed by atoms with E-state index in [2.05, 4.69) is 4.74 Å². The van der Waals surface area contributed by atoms with Crippen molar-refractivity contribution in [1.82, 2.24) is 0 Å². The normalized spacial score (nSPS) is 30.8. The minimum absolute atomic E-state index is 0.0682. The molecule has 2 saturated carbocycles. The lowest BCUT2D eigenvalue weighted by Gasteiger charge is -2.33. The summed E-state index contributed by atoms with van der Waals surface area (Å²) in [5, 5.41) is -7.93. The van der Waals surface area contributed by atoms with Gasteiger partial charge in [-0.05, 0) is 86.3 Å². The zero-order valence-corrected chi connectivity index (χ0v) is 25.9. The van der Waals surface area contributed by atoms with Crippen molar-refractivity contribution >= 4 is 99.9 Å². The number of esters is 2. The second kappa shape index (κ2) is 9.97. The van der Waals surface area contributed by atoms with Crippen LogP contribution in [0.5, 0.6) is 0 Å². The van der Waals surface area contributed by atoms with E-state index in [9.17, 15) is 52.9 Å². The van der Waals surface area contributed by atoms with E-state index < -0.39 is 84.9 Å². The average molecular weight is 927 g/mol. The van der Waals surface area contributed by atoms with E-state index in [4.69, 9.17) is 8.92 Å². The van der Waals surface area contributed by atoms with Gasteiger partial charge in [0.2, 0.25) is 0 Å². The molecule has 1 heterocycles. The van der Waals surface area contributed by atoms with E-state index in [1.165, 1.54) is 6.07 Å². The number of alkyl halides is 5. The van der Waals surface area contributed by atoms with Crippen LogP contribution in [0.15, 0.2) is 12.1 Å². The fraction of sp³-hybridized carbons (Fsp3) is 0.556. The lowest BCUT2D eigenvalue weighted by molar-refractivity contribution is -0.261. The Morgan fingerprint density at radius 3 is 2.26 bits per heavy atom. The first-order valence-electron chi connectivity index (χ1n) is 10.1. The van der Waals surface area contributed by atoms with Crippen LogP contribution in [0, 0.1) is 28.5 Å². The summed E-state index contributed by atoms with van der Waals surface area (Å²) in [4.78, 5) is 25.7. The van der Waals surface area contributed by atoms with E-state index in [0.717, 1.165) is 0 Å². The average Bonchev–Trinajstić information content (AvgIpc) is 3.35. The van der Waals surface area contributed by atoms with Gasteiger partial charge in [-0.3, -0.25) is 8.98 Å². The molecule has 3 aliphatic rings. The Morgan fingerprint density at radius 2 is 1.71 bits per heavy atom. The van der Waals surface area contributed by atoms with Crippen LogP contribution in [0.1, 0.15) is 16.8 Å². The molecule has 0 radical (unpaired) electrons. The Kier molecular flexibility index (Phi) is 8.08. The summed E-state index contributed by atoms with van der Waals surface area (Å²) in [6, 6.07) is 3.20. The third kappa shape index (κ3) is 5.15. The highest BCUT2D eigenvalue weighted by atomic mass is 127. The second-order valence-electron chi connectivity index (χ2n) is 8.60. The van der Waals surface area contributed by atoms with Gasteiger partial charge in [0.25, 0.3) is 16.2 Å². The van der Waals surface area contributed by atoms with E-state index in [1.807, 2.05) is 67.8 Å². The summed E-state index contributed by atoms with van der Waals surface area (Å²) in [5.41, 5.74) is 0.0682. The molecule has 20 heteroatoms. The summed E-state index contributed by atoms with van der Waals surface area (Å²) in [6.45, 7) is 0. The number of hydrogen-bond donors (Lipinski definition) is 0. The number of halogens is 8. The lowest BCUT2D eigenvalue weighted by Crippen LogP contribution is -2.54. The largest absolute Gasteiger partial charge is 0.743 e. The van der Waals surface area contributed by atoms with Crippen molar-refractivity contribution in [2.75, 3.05) is 0 Å². The van der Waals surface area contributed by atoms with Gasteiger partial charge in [0.1, 0.15) is 17.5 Å². The number of carbonyl (C=O) groups excluding carboxylic acids is 2. The summed E-state index contributed by atoms with van der Waals surface area (Å²) in [6.07, 6.45) is -13.9. The summed E-state index contributed by atoms with van der Waals surface area (Å²) in [7, 11) is -11.6. The van der Waals surface area contributed by atoms with Crippen LogP contribution in [0.2, 0.25) is 0 Å². The Hall–Kier alpha value is -0.180. The van der Waals surface area contributed by atoms with Gasteiger partial charge in [-0.2, -0.15) is 30.4 Å². The van der Waals surface area contributed by atoms with Crippen molar-refractivity contribution in [3.05, 3.63) is 28.4 Å². The molecular weight excluding hydrogens is 916 g/mol. The number of benzene rings is 1. The SMILES string of the molecule is O=C(OC1C2CC3C1OS(=O)(=O)C3C2C(=O)OC(C(F)(F)F)C(F)(F)S(=O)(=O)[O-])c1cc(I)cc(I)c1I. The molecule has 0 aromatic heterocycles. The molecule has 0 spiro atoms. The first kappa shape index (κ1) is 30.8. The van der Waals surface area contributed by atoms with Crippen LogP contribution in [0.4, 0.5) is 22.0 Å². The zero-order chi connectivity index (χ0) is 28.7. The molecule has 7 atom stereocenters. The number of fused-ring (bicyclic) bond motifs is 1. The quantitative estimate of drug-likeness (QED) is 0.104. The van der Waals surface area contributed by atoms with Crippen LogP contribution in [0.25, 0.3) is 0 Å². The molecule has 1 aromatic rings. The molecule has 7 unspecified atom stereocenters. The highest BCUT2D eigenvalue weighted by Crippen LogP contribution is 2.59. The standard InChI is InChI=1S/C18H12F5I3O10S2/c19-17(20,21)16(18(22,23)38(31,32)33)35-15(28)9-5-3-7-12(36-37(29,30)13(7)9)11(5)34-14(27)6-1-4(24)2-8(25)10(6)26/h1-2,5,7,9,11-13,16H,3H2,(H,31,32,33)/p-1. The molecule has 4 rings (SSSR count). The number of hydrogen-bond acceptors (Lipinski definition) is 10. The van der Waals surface area contributed by atoms with E-state index in [0.29, 0.717) is 10.7 Å². The van der Waals surface area contributed by atoms with E-state index in [-0.39, 0.29) is 12.0 Å². The molecule has 10 nitrogen and oxygen atoms in total. The van der Waals surface area contributed by atoms with Crippen molar-refractivity contribution in [2.45, 2.75) is 41.4 Å². The van der Waals surface area contributed by atoms with Crippen molar-refractivity contribution in [1.29, 1.82) is 0 Å². The van der Waals surface area contributed by atoms with Gasteiger partial charge in [0.05, 0.1) is 11.5 Å². The third-order valence-corrected chi connectivity index (χ3v) is 12.8. The Labute approximate surface area is 252 Å². The minimum Gasteiger partial charge on any atom is -0.743 e. The summed E-state index contributed by atoms with van der Waals surface area (Å²) >= 11 is 5.74. The molecule has 2 bridgehead atoms. The molecule has 0 amide bonds. The first-order valence-corrected chi connectivity index (χ1v) is 16.2. The first-order chi connectivity index (χ1) is 17.2. The number of carbonyl (C=O) groups is 2. The Morgan fingerprint density at radius 1 is 1.11 bits per heavy atom. The van der Waals surface area contributed by atoms with Crippen LogP contribution >= 0.6 is 67.8 Å². The third-order valence-electron chi connectivity index (χ3n) is 6.43. The molecule has 2 aliphatic carbocycles. The second-order valence-corrected chi connectivity index (χ2v) is 15.3. The van der Waals surface area contributed by atoms with Gasteiger partial charge in [-0.1, -0.05) is 0 Å². The minimum atomic E-state index is -6.96. The number of rotatable bonds is 6. The van der Waals surface area contributed by atoms with Crippen molar-refractivity contribution in [3.8, 4) is 0 Å². The van der Waals surface area contributed by atoms with Gasteiger partial charge in [-0.25, -0.2) is 13.2 Å². The lowest BCUT2D eigenvalue weighted by atomic mass is 9.84. The van der Waals surface area contributed by atoms with Crippen LogP contribution in [-0.4, -0.2) is 68.3 Å². The van der Waals surface area contributed by atoms with E-state index >= 15 is 0 Å². The maximum atomic E-state index is 13.9. The smallest absolute Gasteiger partial charge is 0.432 e. The molecule has 212 valence electrons. The zero-order valence-electron chi connectivity index (χ0n) is 17.8. The van der Waals surface area contributed by atoms with E-state index in [1.54, 1.807) is 6.07 Å². The van der Waals surface area contributed by atoms with Gasteiger partial charge in [-0.15, -0.1) is 0 Å². The van der Waals surface area contributed by atoms with Gasteiger partial charge >= 0.3 is 23.4 Å². The monoisotopic (exact) mass is 927 g/mol. The van der Waals surface area contributed by atoms with Crippen molar-refractivity contribution in [2.24, 2.45) is 17.8 Å². The Bertz CT molecular complexity index is 1420. The van der Waals surface area contributed by atoms with Gasteiger partial charge < -0.3 is 14.0 Å². The van der Waals surface area contributed by atoms with Crippen LogP contribution in [0.3, 0.4) is 0 Å². The molecule has 1 saturated heterocycles. The fourth-order valence-electron chi connectivity index (χ4n) is 5.00. The highest BCUT2D eigenvalue weighted by Gasteiger charge is 2.73. The van der Waals surface area contributed by atoms with Crippen LogP contribution in [-0.2, 0) is 38.7 Å². The predicted octanol–water partition coefficient (Wildman–Crippen LogP) is 3.00. The van der Waals surface area contributed by atoms with Crippen molar-refractivity contribution < 1.29 is 66.6 Å². The molecule has 0 N–H and O–H groups in total. The number of ether oxygens (including phenoxy) is 2. The maximum Gasteiger partial charge on any atom is 0.432 e. The van der Waals surface area contributed by atoms with Gasteiger partial charge in [0.15, 0.2) is 10.1 Å². The highest BCUT2D eigenvalue weighted by molar-refractivity contribution is 14.1. The van der Waals surface area contributed by atoms with Crippen molar-refractivity contribution in [3.63, 3.8) is 0 Å². The predicted molar refractivity (Wildman–Crippen MR) is 137 cm³/mol. The van der Waals surface area contributed by atoms with Gasteiger partial charge in [0, 0.05) is 22.5 Å². The Balaban J connectivity index is 1.67. The maximum absolute atomic E-state index is 13.9. The molecular formula is C18H11F5I3O10S2-. The molecule has 1 aromatic carbocycles. The summed E-state index contributed by atoms with van der Waals surface area (Å²) < 4.78 is 141. The molecule has 1 aliphatic heterocycles. The topological polar surface area (TPSA) is 153 Å². The fourth-order valence-corrected chi connectivity index (χ4v) is 9.87. The van der Waals surface area contributed by atoms with Crippen LogP contribution < -0.4 is 0 Å². The molecule has 3 fully saturated rings.